The first-order valence-corrected chi connectivity index (χ1v) is 5.50. The van der Waals surface area contributed by atoms with Crippen LogP contribution in [0.3, 0.4) is 0 Å². The summed E-state index contributed by atoms with van der Waals surface area (Å²) in [5.41, 5.74) is 10.4. The quantitative estimate of drug-likeness (QED) is 0.601. The number of anilines is 1. The van der Waals surface area contributed by atoms with Crippen LogP contribution in [0.2, 0.25) is 0 Å². The van der Waals surface area contributed by atoms with Gasteiger partial charge in [0.1, 0.15) is 0 Å². The standard InChI is InChI=1S/C14H15N3/c1-10-4-3-5-12(8-10)16-17-13-6-7-14(15)11(2)9-13/h3-9H,15H2,1-2H3/b17-16+. The van der Waals surface area contributed by atoms with Crippen molar-refractivity contribution in [2.24, 2.45) is 10.2 Å². The van der Waals surface area contributed by atoms with Crippen molar-refractivity contribution in [1.82, 2.24) is 0 Å². The van der Waals surface area contributed by atoms with Crippen LogP contribution in [0.5, 0.6) is 0 Å². The van der Waals surface area contributed by atoms with Gasteiger partial charge in [-0.3, -0.25) is 0 Å². The van der Waals surface area contributed by atoms with E-state index in [1.807, 2.05) is 56.3 Å². The number of nitrogens with zero attached hydrogens (tertiary/aromatic N) is 2. The van der Waals surface area contributed by atoms with Crippen LogP contribution in [-0.4, -0.2) is 0 Å². The van der Waals surface area contributed by atoms with Crippen molar-refractivity contribution in [2.75, 3.05) is 5.73 Å². The van der Waals surface area contributed by atoms with Crippen molar-refractivity contribution < 1.29 is 0 Å². The Morgan fingerprint density at radius 2 is 1.59 bits per heavy atom. The van der Waals surface area contributed by atoms with Gasteiger partial charge in [-0.05, 0) is 55.3 Å². The van der Waals surface area contributed by atoms with Crippen LogP contribution in [0, 0.1) is 13.8 Å². The highest BCUT2D eigenvalue weighted by molar-refractivity contribution is 5.54. The molecule has 0 atom stereocenters. The summed E-state index contributed by atoms with van der Waals surface area (Å²) in [6.07, 6.45) is 0. The molecule has 2 aromatic carbocycles. The average Bonchev–Trinajstić information content (AvgIpc) is 2.31. The minimum Gasteiger partial charge on any atom is -0.399 e. The number of rotatable bonds is 2. The summed E-state index contributed by atoms with van der Waals surface area (Å²) in [7, 11) is 0. The maximum atomic E-state index is 5.74. The Morgan fingerprint density at radius 1 is 0.882 bits per heavy atom. The van der Waals surface area contributed by atoms with E-state index in [2.05, 4.69) is 10.2 Å². The zero-order valence-corrected chi connectivity index (χ0v) is 10.0. The van der Waals surface area contributed by atoms with Crippen molar-refractivity contribution >= 4 is 17.1 Å². The zero-order valence-electron chi connectivity index (χ0n) is 10.0. The normalized spacial score (nSPS) is 10.9. The molecule has 17 heavy (non-hydrogen) atoms. The van der Waals surface area contributed by atoms with Gasteiger partial charge in [-0.15, -0.1) is 0 Å². The second-order valence-corrected chi connectivity index (χ2v) is 4.08. The van der Waals surface area contributed by atoms with Gasteiger partial charge in [0.05, 0.1) is 11.4 Å². The Hall–Kier alpha value is -2.16. The molecule has 0 aromatic heterocycles. The molecule has 0 unspecified atom stereocenters. The van der Waals surface area contributed by atoms with E-state index in [1.165, 1.54) is 5.56 Å². The van der Waals surface area contributed by atoms with E-state index < -0.39 is 0 Å². The summed E-state index contributed by atoms with van der Waals surface area (Å²) < 4.78 is 0. The van der Waals surface area contributed by atoms with Gasteiger partial charge in [-0.25, -0.2) is 0 Å². The summed E-state index contributed by atoms with van der Waals surface area (Å²) in [5, 5.41) is 8.38. The molecular formula is C14H15N3. The second-order valence-electron chi connectivity index (χ2n) is 4.08. The summed E-state index contributed by atoms with van der Waals surface area (Å²) >= 11 is 0. The number of benzene rings is 2. The van der Waals surface area contributed by atoms with Gasteiger partial charge >= 0.3 is 0 Å². The van der Waals surface area contributed by atoms with E-state index in [1.54, 1.807) is 0 Å². The highest BCUT2D eigenvalue weighted by Gasteiger charge is 1.95. The number of aryl methyl sites for hydroxylation is 2. The van der Waals surface area contributed by atoms with Gasteiger partial charge in [0.15, 0.2) is 0 Å². The van der Waals surface area contributed by atoms with E-state index in [9.17, 15) is 0 Å². The topological polar surface area (TPSA) is 50.7 Å². The first kappa shape index (κ1) is 11.3. The summed E-state index contributed by atoms with van der Waals surface area (Å²) in [6.45, 7) is 3.99. The minimum atomic E-state index is 0.777. The number of nitrogen functional groups attached to an aromatic ring is 1. The molecule has 3 nitrogen and oxygen atoms in total. The molecule has 0 fully saturated rings. The third kappa shape index (κ3) is 2.91. The Balaban J connectivity index is 2.23. The first-order valence-electron chi connectivity index (χ1n) is 5.50. The van der Waals surface area contributed by atoms with Crippen molar-refractivity contribution in [1.29, 1.82) is 0 Å². The van der Waals surface area contributed by atoms with Crippen LogP contribution < -0.4 is 5.73 Å². The van der Waals surface area contributed by atoms with Crippen LogP contribution in [0.1, 0.15) is 11.1 Å². The van der Waals surface area contributed by atoms with Gasteiger partial charge in [-0.1, -0.05) is 12.1 Å². The molecule has 0 aliphatic heterocycles. The highest BCUT2D eigenvalue weighted by atomic mass is 15.1. The first-order chi connectivity index (χ1) is 8.15. The number of nitrogens with two attached hydrogens (primary N) is 1. The third-order valence-corrected chi connectivity index (χ3v) is 2.54. The maximum Gasteiger partial charge on any atom is 0.0861 e. The molecule has 0 radical (unpaired) electrons. The number of hydrogen-bond acceptors (Lipinski definition) is 3. The predicted octanol–water partition coefficient (Wildman–Crippen LogP) is 4.30. The van der Waals surface area contributed by atoms with Gasteiger partial charge in [0.2, 0.25) is 0 Å². The largest absolute Gasteiger partial charge is 0.399 e. The van der Waals surface area contributed by atoms with Crippen LogP contribution in [0.25, 0.3) is 0 Å². The molecule has 2 rings (SSSR count). The molecule has 0 heterocycles. The molecule has 0 saturated carbocycles. The second kappa shape index (κ2) is 4.78. The van der Waals surface area contributed by atoms with Crippen LogP contribution in [-0.2, 0) is 0 Å². The predicted molar refractivity (Wildman–Crippen MR) is 70.9 cm³/mol. The number of azo groups is 1. The smallest absolute Gasteiger partial charge is 0.0861 e. The Bertz CT molecular complexity index is 559. The van der Waals surface area contributed by atoms with Crippen LogP contribution >= 0.6 is 0 Å². The zero-order chi connectivity index (χ0) is 12.3. The van der Waals surface area contributed by atoms with Gasteiger partial charge in [0.25, 0.3) is 0 Å². The lowest BCUT2D eigenvalue weighted by molar-refractivity contribution is 1.22. The van der Waals surface area contributed by atoms with E-state index in [0.717, 1.165) is 22.6 Å². The summed E-state index contributed by atoms with van der Waals surface area (Å²) in [6, 6.07) is 13.6. The molecule has 0 bridgehead atoms. The number of hydrogen-bond donors (Lipinski definition) is 1. The minimum absolute atomic E-state index is 0.777. The fourth-order valence-corrected chi connectivity index (χ4v) is 1.53. The third-order valence-electron chi connectivity index (χ3n) is 2.54. The van der Waals surface area contributed by atoms with Crippen LogP contribution in [0.4, 0.5) is 17.1 Å². The van der Waals surface area contributed by atoms with Gasteiger partial charge in [0, 0.05) is 5.69 Å². The lowest BCUT2D eigenvalue weighted by Gasteiger charge is -1.99. The van der Waals surface area contributed by atoms with E-state index in [-0.39, 0.29) is 0 Å². The van der Waals surface area contributed by atoms with Crippen molar-refractivity contribution in [3.63, 3.8) is 0 Å². The Labute approximate surface area is 101 Å². The lowest BCUT2D eigenvalue weighted by atomic mass is 10.2. The van der Waals surface area contributed by atoms with E-state index in [0.29, 0.717) is 0 Å². The Kier molecular flexibility index (Phi) is 3.19. The molecule has 86 valence electrons. The molecule has 0 aliphatic carbocycles. The summed E-state index contributed by atoms with van der Waals surface area (Å²) in [4.78, 5) is 0. The molecule has 2 aromatic rings. The lowest BCUT2D eigenvalue weighted by Crippen LogP contribution is -1.86. The molecule has 2 N–H and O–H groups in total. The van der Waals surface area contributed by atoms with E-state index in [4.69, 9.17) is 5.73 Å². The average molecular weight is 225 g/mol. The highest BCUT2D eigenvalue weighted by Crippen LogP contribution is 2.22. The fourth-order valence-electron chi connectivity index (χ4n) is 1.53. The molecule has 0 saturated heterocycles. The monoisotopic (exact) mass is 225 g/mol. The molecule has 3 heteroatoms. The molecule has 0 aliphatic rings. The van der Waals surface area contributed by atoms with Gasteiger partial charge in [-0.2, -0.15) is 10.2 Å². The summed E-state index contributed by atoms with van der Waals surface area (Å²) in [5.74, 6) is 0. The fraction of sp³-hybridized carbons (Fsp3) is 0.143. The molecular weight excluding hydrogens is 210 g/mol. The maximum absolute atomic E-state index is 5.74. The van der Waals surface area contributed by atoms with Crippen molar-refractivity contribution in [3.8, 4) is 0 Å². The van der Waals surface area contributed by atoms with Crippen molar-refractivity contribution in [3.05, 3.63) is 53.6 Å². The van der Waals surface area contributed by atoms with Gasteiger partial charge < -0.3 is 5.73 Å². The van der Waals surface area contributed by atoms with Crippen LogP contribution in [0.15, 0.2) is 52.7 Å². The van der Waals surface area contributed by atoms with E-state index >= 15 is 0 Å². The Morgan fingerprint density at radius 3 is 2.24 bits per heavy atom. The molecule has 0 amide bonds. The SMILES string of the molecule is Cc1cccc(/N=N/c2ccc(N)c(C)c2)c1. The molecule has 0 spiro atoms. The van der Waals surface area contributed by atoms with Crippen molar-refractivity contribution in [2.45, 2.75) is 13.8 Å².